The maximum atomic E-state index is 5.56. The molecule has 0 radical (unpaired) electrons. The van der Waals surface area contributed by atoms with E-state index in [0.717, 1.165) is 37.6 Å². The minimum absolute atomic E-state index is 0.819. The third-order valence-electron chi connectivity index (χ3n) is 4.05. The van der Waals surface area contributed by atoms with Crippen molar-refractivity contribution in [2.45, 2.75) is 13.0 Å². The normalized spacial score (nSPS) is 13.3. The molecule has 0 bridgehead atoms. The van der Waals surface area contributed by atoms with E-state index in [-0.39, 0.29) is 0 Å². The summed E-state index contributed by atoms with van der Waals surface area (Å²) in [7, 11) is 3.83. The molecule has 23 heavy (non-hydrogen) atoms. The van der Waals surface area contributed by atoms with Crippen molar-refractivity contribution in [1.82, 2.24) is 4.90 Å². The second-order valence-electron chi connectivity index (χ2n) is 5.91. The molecule has 1 heterocycles. The van der Waals surface area contributed by atoms with Crippen LogP contribution in [0.3, 0.4) is 0 Å². The molecule has 0 saturated heterocycles. The Labute approximate surface area is 138 Å². The van der Waals surface area contributed by atoms with Crippen molar-refractivity contribution in [3.63, 3.8) is 0 Å². The van der Waals surface area contributed by atoms with E-state index in [2.05, 4.69) is 54.4 Å². The lowest BCUT2D eigenvalue weighted by atomic mass is 10.1. The fourth-order valence-electron chi connectivity index (χ4n) is 2.80. The molecule has 0 saturated carbocycles. The first kappa shape index (κ1) is 15.6. The van der Waals surface area contributed by atoms with Gasteiger partial charge < -0.3 is 9.47 Å². The molecule has 0 fully saturated rings. The van der Waals surface area contributed by atoms with E-state index in [0.29, 0.717) is 0 Å². The Bertz CT molecular complexity index is 677. The van der Waals surface area contributed by atoms with Crippen molar-refractivity contribution in [2.75, 3.05) is 27.3 Å². The van der Waals surface area contributed by atoms with Crippen LogP contribution >= 0.6 is 0 Å². The van der Waals surface area contributed by atoms with Gasteiger partial charge >= 0.3 is 0 Å². The molecule has 3 nitrogen and oxygen atoms in total. The van der Waals surface area contributed by atoms with Crippen LogP contribution in [0.4, 0.5) is 0 Å². The Morgan fingerprint density at radius 2 is 2.00 bits per heavy atom. The van der Waals surface area contributed by atoms with Gasteiger partial charge in [-0.05, 0) is 41.9 Å². The summed E-state index contributed by atoms with van der Waals surface area (Å²) in [5.74, 6) is 1.94. The second-order valence-corrected chi connectivity index (χ2v) is 5.91. The fourth-order valence-corrected chi connectivity index (χ4v) is 2.80. The van der Waals surface area contributed by atoms with Gasteiger partial charge in [-0.25, -0.2) is 0 Å². The lowest BCUT2D eigenvalue weighted by Crippen LogP contribution is -2.17. The number of nitrogens with zero attached hydrogens (tertiary/aromatic N) is 1. The van der Waals surface area contributed by atoms with Crippen LogP contribution in [-0.2, 0) is 13.0 Å². The maximum Gasteiger partial charge on any atom is 0.122 e. The first-order valence-corrected chi connectivity index (χ1v) is 7.98. The number of ether oxygens (including phenoxy) is 2. The van der Waals surface area contributed by atoms with Crippen LogP contribution in [0.2, 0.25) is 0 Å². The minimum Gasteiger partial charge on any atom is -0.497 e. The van der Waals surface area contributed by atoms with E-state index in [9.17, 15) is 0 Å². The molecule has 0 atom stereocenters. The lowest BCUT2D eigenvalue weighted by molar-refractivity contribution is 0.356. The number of methoxy groups -OCH3 is 1. The van der Waals surface area contributed by atoms with Crippen LogP contribution in [0.1, 0.15) is 16.7 Å². The van der Waals surface area contributed by atoms with Gasteiger partial charge in [-0.2, -0.15) is 0 Å². The minimum atomic E-state index is 0.819. The largest absolute Gasteiger partial charge is 0.497 e. The topological polar surface area (TPSA) is 21.7 Å². The molecular weight excluding hydrogens is 286 g/mol. The summed E-state index contributed by atoms with van der Waals surface area (Å²) in [6.45, 7) is 2.68. The van der Waals surface area contributed by atoms with E-state index in [4.69, 9.17) is 9.47 Å². The summed E-state index contributed by atoms with van der Waals surface area (Å²) in [6.07, 6.45) is 5.37. The molecule has 1 aliphatic heterocycles. The zero-order valence-electron chi connectivity index (χ0n) is 13.8. The Kier molecular flexibility index (Phi) is 4.99. The van der Waals surface area contributed by atoms with E-state index in [1.807, 2.05) is 12.1 Å². The van der Waals surface area contributed by atoms with Crippen LogP contribution in [0, 0.1) is 0 Å². The molecule has 0 unspecified atom stereocenters. The Morgan fingerprint density at radius 3 is 2.78 bits per heavy atom. The van der Waals surface area contributed by atoms with Crippen molar-refractivity contribution in [3.8, 4) is 11.5 Å². The highest BCUT2D eigenvalue weighted by Gasteiger charge is 2.12. The lowest BCUT2D eigenvalue weighted by Gasteiger charge is -2.15. The highest BCUT2D eigenvalue weighted by atomic mass is 16.5. The molecule has 0 amide bonds. The highest BCUT2D eigenvalue weighted by Crippen LogP contribution is 2.26. The van der Waals surface area contributed by atoms with E-state index in [1.54, 1.807) is 7.11 Å². The summed E-state index contributed by atoms with van der Waals surface area (Å²) in [5, 5.41) is 0. The molecule has 2 aromatic rings. The second kappa shape index (κ2) is 7.34. The summed E-state index contributed by atoms with van der Waals surface area (Å²) < 4.78 is 10.7. The van der Waals surface area contributed by atoms with Crippen molar-refractivity contribution >= 4 is 6.08 Å². The number of rotatable bonds is 6. The van der Waals surface area contributed by atoms with Gasteiger partial charge in [-0.3, -0.25) is 4.90 Å². The Morgan fingerprint density at radius 1 is 1.17 bits per heavy atom. The van der Waals surface area contributed by atoms with Gasteiger partial charge in [0, 0.05) is 19.5 Å². The molecule has 2 aromatic carbocycles. The number of benzene rings is 2. The van der Waals surface area contributed by atoms with Gasteiger partial charge in [0.25, 0.3) is 0 Å². The fraction of sp³-hybridized carbons (Fsp3) is 0.300. The SMILES string of the molecule is COc1ccc(C=CCN(C)Cc2ccc3c(c2)CCO3)cc1. The molecule has 120 valence electrons. The van der Waals surface area contributed by atoms with Crippen LogP contribution in [0.5, 0.6) is 11.5 Å². The molecule has 0 aliphatic carbocycles. The first-order chi connectivity index (χ1) is 11.2. The highest BCUT2D eigenvalue weighted by molar-refractivity contribution is 5.50. The number of likely N-dealkylation sites (N-methyl/N-ethyl adjacent to an activating group) is 1. The molecule has 1 aliphatic rings. The number of hydrogen-bond acceptors (Lipinski definition) is 3. The van der Waals surface area contributed by atoms with Crippen molar-refractivity contribution < 1.29 is 9.47 Å². The van der Waals surface area contributed by atoms with Crippen LogP contribution < -0.4 is 9.47 Å². The zero-order chi connectivity index (χ0) is 16.1. The van der Waals surface area contributed by atoms with Crippen molar-refractivity contribution in [1.29, 1.82) is 0 Å². The van der Waals surface area contributed by atoms with Crippen LogP contribution in [0.25, 0.3) is 6.08 Å². The maximum absolute atomic E-state index is 5.56. The molecule has 3 heteroatoms. The van der Waals surface area contributed by atoms with Gasteiger partial charge in [-0.15, -0.1) is 0 Å². The zero-order valence-corrected chi connectivity index (χ0v) is 13.8. The molecule has 3 rings (SSSR count). The average molecular weight is 309 g/mol. The molecular formula is C20H23NO2. The van der Waals surface area contributed by atoms with Gasteiger partial charge in [0.15, 0.2) is 0 Å². The summed E-state index contributed by atoms with van der Waals surface area (Å²) >= 11 is 0. The average Bonchev–Trinajstić information content (AvgIpc) is 3.03. The van der Waals surface area contributed by atoms with Gasteiger partial charge in [0.1, 0.15) is 11.5 Å². The molecule has 0 spiro atoms. The van der Waals surface area contributed by atoms with E-state index >= 15 is 0 Å². The summed E-state index contributed by atoms with van der Waals surface area (Å²) in [5.41, 5.74) is 3.87. The first-order valence-electron chi connectivity index (χ1n) is 7.98. The molecule has 0 aromatic heterocycles. The summed E-state index contributed by atoms with van der Waals surface area (Å²) in [4.78, 5) is 2.30. The monoisotopic (exact) mass is 309 g/mol. The standard InChI is InChI=1S/C20H23NO2/c1-21(12-3-4-16-5-8-19(22-2)9-6-16)15-17-7-10-20-18(14-17)11-13-23-20/h3-10,14H,11-13,15H2,1-2H3. The third-order valence-corrected chi connectivity index (χ3v) is 4.05. The third kappa shape index (κ3) is 4.14. The Hall–Kier alpha value is -2.26. The molecule has 0 N–H and O–H groups in total. The van der Waals surface area contributed by atoms with E-state index < -0.39 is 0 Å². The van der Waals surface area contributed by atoms with Crippen LogP contribution in [0.15, 0.2) is 48.5 Å². The van der Waals surface area contributed by atoms with Gasteiger partial charge in [0.2, 0.25) is 0 Å². The predicted molar refractivity (Wildman–Crippen MR) is 94.0 cm³/mol. The smallest absolute Gasteiger partial charge is 0.122 e. The van der Waals surface area contributed by atoms with Crippen LogP contribution in [-0.4, -0.2) is 32.2 Å². The van der Waals surface area contributed by atoms with Gasteiger partial charge in [0.05, 0.1) is 13.7 Å². The Balaban J connectivity index is 1.52. The van der Waals surface area contributed by atoms with Crippen molar-refractivity contribution in [3.05, 3.63) is 65.2 Å². The van der Waals surface area contributed by atoms with Gasteiger partial charge in [-0.1, -0.05) is 36.4 Å². The number of fused-ring (bicyclic) bond motifs is 1. The van der Waals surface area contributed by atoms with Crippen molar-refractivity contribution in [2.24, 2.45) is 0 Å². The quantitative estimate of drug-likeness (QED) is 0.810. The predicted octanol–water partition coefficient (Wildman–Crippen LogP) is 3.78. The van der Waals surface area contributed by atoms with E-state index in [1.165, 1.54) is 16.7 Å². The summed E-state index contributed by atoms with van der Waals surface area (Å²) in [6, 6.07) is 14.6. The number of hydrogen-bond donors (Lipinski definition) is 0.